The topological polar surface area (TPSA) is 59.4 Å². The largest absolute Gasteiger partial charge is 0.444 e. The number of nitrogens with zero attached hydrogens (tertiary/aromatic N) is 3. The third-order valence-corrected chi connectivity index (χ3v) is 4.37. The van der Waals surface area contributed by atoms with Crippen molar-refractivity contribution in [2.24, 2.45) is 0 Å². The van der Waals surface area contributed by atoms with Crippen molar-refractivity contribution in [3.8, 4) is 5.69 Å². The number of benzene rings is 1. The molecular formula is C18H22BrFN4O2. The molecule has 140 valence electrons. The van der Waals surface area contributed by atoms with Crippen molar-refractivity contribution in [2.75, 3.05) is 24.5 Å². The number of hydrogen-bond acceptors (Lipinski definition) is 4. The number of nitrogens with one attached hydrogen (secondary N) is 1. The average molecular weight is 425 g/mol. The Bertz CT molecular complexity index is 779. The van der Waals surface area contributed by atoms with Gasteiger partial charge in [-0.25, -0.2) is 14.2 Å². The lowest BCUT2D eigenvalue weighted by molar-refractivity contribution is 0.0448. The Morgan fingerprint density at radius 2 is 1.92 bits per heavy atom. The monoisotopic (exact) mass is 424 g/mol. The number of rotatable bonds is 4. The van der Waals surface area contributed by atoms with E-state index in [0.29, 0.717) is 0 Å². The number of imidazole rings is 1. The van der Waals surface area contributed by atoms with E-state index in [-0.39, 0.29) is 19.6 Å². The zero-order valence-electron chi connectivity index (χ0n) is 15.0. The maximum atomic E-state index is 14.7. The summed E-state index contributed by atoms with van der Waals surface area (Å²) in [6.07, 6.45) is 2.99. The second kappa shape index (κ2) is 6.90. The van der Waals surface area contributed by atoms with E-state index < -0.39 is 17.4 Å². The molecule has 0 saturated carbocycles. The number of amides is 1. The van der Waals surface area contributed by atoms with Gasteiger partial charge in [-0.1, -0.05) is 0 Å². The Morgan fingerprint density at radius 3 is 2.46 bits per heavy atom. The molecule has 8 heteroatoms. The van der Waals surface area contributed by atoms with Crippen molar-refractivity contribution >= 4 is 27.7 Å². The van der Waals surface area contributed by atoms with Gasteiger partial charge in [0.05, 0.1) is 19.6 Å². The summed E-state index contributed by atoms with van der Waals surface area (Å²) in [5, 5.41) is 2.51. The molecule has 1 aromatic carbocycles. The van der Waals surface area contributed by atoms with Crippen LogP contribution in [0.3, 0.4) is 0 Å². The Labute approximate surface area is 160 Å². The molecule has 3 rings (SSSR count). The summed E-state index contributed by atoms with van der Waals surface area (Å²) in [6, 6.07) is 7.81. The van der Waals surface area contributed by atoms with Crippen LogP contribution in [0, 0.1) is 0 Å². The van der Waals surface area contributed by atoms with Crippen molar-refractivity contribution < 1.29 is 13.9 Å². The second-order valence-electron chi connectivity index (χ2n) is 7.48. The van der Waals surface area contributed by atoms with E-state index in [1.165, 1.54) is 0 Å². The van der Waals surface area contributed by atoms with Crippen LogP contribution >= 0.6 is 15.9 Å². The van der Waals surface area contributed by atoms with E-state index >= 15 is 0 Å². The molecule has 1 aliphatic rings. The highest BCUT2D eigenvalue weighted by Crippen LogP contribution is 2.31. The molecule has 0 bridgehead atoms. The normalized spacial score (nSPS) is 16.1. The summed E-state index contributed by atoms with van der Waals surface area (Å²) >= 11 is 3.32. The zero-order chi connectivity index (χ0) is 18.9. The summed E-state index contributed by atoms with van der Waals surface area (Å²) in [5.74, 6) is 0. The first-order valence-corrected chi connectivity index (χ1v) is 9.14. The maximum absolute atomic E-state index is 14.7. The first kappa shape index (κ1) is 18.7. The number of aromatic nitrogens is 2. The lowest BCUT2D eigenvalue weighted by atomic mass is 9.95. The molecular weight excluding hydrogens is 403 g/mol. The van der Waals surface area contributed by atoms with Gasteiger partial charge in [-0.05, 0) is 61.0 Å². The Balaban J connectivity index is 1.51. The minimum absolute atomic E-state index is 0.0560. The fourth-order valence-corrected chi connectivity index (χ4v) is 3.06. The van der Waals surface area contributed by atoms with Crippen molar-refractivity contribution in [3.63, 3.8) is 0 Å². The quantitative estimate of drug-likeness (QED) is 0.812. The number of alkyl carbamates (subject to hydrolysis) is 1. The number of hydrogen-bond donors (Lipinski definition) is 1. The third-order valence-electron chi connectivity index (χ3n) is 3.96. The summed E-state index contributed by atoms with van der Waals surface area (Å²) in [4.78, 5) is 17.7. The molecule has 0 unspecified atom stereocenters. The fraction of sp³-hybridized carbons (Fsp3) is 0.444. The number of halogens is 2. The molecule has 2 heterocycles. The van der Waals surface area contributed by atoms with E-state index in [4.69, 9.17) is 4.74 Å². The zero-order valence-corrected chi connectivity index (χ0v) is 16.6. The molecule has 0 spiro atoms. The first-order valence-electron chi connectivity index (χ1n) is 8.34. The standard InChI is InChI=1S/C18H22BrFN4O2/c1-17(2,3)26-16(25)21-9-18(20)10-24(11-18)14-6-4-13(5-7-14)23-8-15(19)22-12-23/h4-8,12H,9-11H2,1-3H3,(H,21,25). The summed E-state index contributed by atoms with van der Waals surface area (Å²) in [7, 11) is 0. The van der Waals surface area contributed by atoms with Crippen molar-refractivity contribution in [2.45, 2.75) is 32.0 Å². The van der Waals surface area contributed by atoms with Gasteiger partial charge in [0.15, 0.2) is 5.67 Å². The number of carbonyl (C=O) groups is 1. The van der Waals surface area contributed by atoms with Crippen LogP contribution in [0.2, 0.25) is 0 Å². The van der Waals surface area contributed by atoms with Crippen LogP contribution in [0.15, 0.2) is 41.4 Å². The molecule has 1 saturated heterocycles. The van der Waals surface area contributed by atoms with E-state index in [9.17, 15) is 9.18 Å². The fourth-order valence-electron chi connectivity index (χ4n) is 2.75. The number of ether oxygens (including phenoxy) is 1. The van der Waals surface area contributed by atoms with Gasteiger partial charge in [-0.3, -0.25) is 0 Å². The lowest BCUT2D eigenvalue weighted by Gasteiger charge is -2.46. The predicted molar refractivity (Wildman–Crippen MR) is 102 cm³/mol. The SMILES string of the molecule is CC(C)(C)OC(=O)NCC1(F)CN(c2ccc(-n3cnc(Br)c3)cc2)C1. The van der Waals surface area contributed by atoms with Crippen molar-refractivity contribution in [3.05, 3.63) is 41.4 Å². The summed E-state index contributed by atoms with van der Waals surface area (Å²) < 4.78 is 22.4. The van der Waals surface area contributed by atoms with E-state index in [2.05, 4.69) is 26.2 Å². The van der Waals surface area contributed by atoms with Gasteiger partial charge < -0.3 is 19.5 Å². The highest BCUT2D eigenvalue weighted by Gasteiger charge is 2.44. The molecule has 1 aliphatic heterocycles. The molecule has 26 heavy (non-hydrogen) atoms. The average Bonchev–Trinajstić information content (AvgIpc) is 2.95. The molecule has 0 radical (unpaired) electrons. The Kier molecular flexibility index (Phi) is 4.96. The molecule has 1 aromatic heterocycles. The summed E-state index contributed by atoms with van der Waals surface area (Å²) in [6.45, 7) is 5.73. The minimum atomic E-state index is -1.44. The Morgan fingerprint density at radius 1 is 1.31 bits per heavy atom. The van der Waals surface area contributed by atoms with Crippen LogP contribution in [0.1, 0.15) is 20.8 Å². The molecule has 1 N–H and O–H groups in total. The first-order chi connectivity index (χ1) is 12.1. The van der Waals surface area contributed by atoms with Gasteiger partial charge in [0.25, 0.3) is 0 Å². The van der Waals surface area contributed by atoms with Gasteiger partial charge in [0.2, 0.25) is 0 Å². The van der Waals surface area contributed by atoms with E-state index in [0.717, 1.165) is 16.0 Å². The number of anilines is 1. The highest BCUT2D eigenvalue weighted by molar-refractivity contribution is 9.10. The second-order valence-corrected chi connectivity index (χ2v) is 8.29. The molecule has 1 fully saturated rings. The molecule has 0 aliphatic carbocycles. The molecule has 6 nitrogen and oxygen atoms in total. The lowest BCUT2D eigenvalue weighted by Crippen LogP contribution is -2.64. The van der Waals surface area contributed by atoms with Crippen LogP contribution in [0.25, 0.3) is 5.69 Å². The minimum Gasteiger partial charge on any atom is -0.444 e. The number of carbonyl (C=O) groups excluding carboxylic acids is 1. The van der Waals surface area contributed by atoms with Crippen LogP contribution in [0.5, 0.6) is 0 Å². The predicted octanol–water partition coefficient (Wildman–Crippen LogP) is 3.69. The molecule has 0 atom stereocenters. The van der Waals surface area contributed by atoms with Crippen LogP contribution in [0.4, 0.5) is 14.9 Å². The van der Waals surface area contributed by atoms with Crippen LogP contribution in [-0.4, -0.2) is 46.5 Å². The third kappa shape index (κ3) is 4.55. The van der Waals surface area contributed by atoms with E-state index in [1.54, 1.807) is 27.1 Å². The van der Waals surface area contributed by atoms with Gasteiger partial charge in [-0.2, -0.15) is 0 Å². The maximum Gasteiger partial charge on any atom is 0.407 e. The van der Waals surface area contributed by atoms with Crippen molar-refractivity contribution in [1.29, 1.82) is 0 Å². The van der Waals surface area contributed by atoms with Gasteiger partial charge in [0, 0.05) is 17.6 Å². The van der Waals surface area contributed by atoms with Gasteiger partial charge >= 0.3 is 6.09 Å². The van der Waals surface area contributed by atoms with Gasteiger partial charge in [0.1, 0.15) is 16.5 Å². The van der Waals surface area contributed by atoms with Crippen molar-refractivity contribution in [1.82, 2.24) is 14.9 Å². The van der Waals surface area contributed by atoms with Crippen LogP contribution in [-0.2, 0) is 4.74 Å². The molecule has 2 aromatic rings. The highest BCUT2D eigenvalue weighted by atomic mass is 79.9. The number of alkyl halides is 1. The van der Waals surface area contributed by atoms with E-state index in [1.807, 2.05) is 39.9 Å². The molecule has 1 amide bonds. The smallest absolute Gasteiger partial charge is 0.407 e. The van der Waals surface area contributed by atoms with Gasteiger partial charge in [-0.15, -0.1) is 0 Å². The summed E-state index contributed by atoms with van der Waals surface area (Å²) in [5.41, 5.74) is -0.111. The Hall–Kier alpha value is -2.09. The van der Waals surface area contributed by atoms with Crippen LogP contribution < -0.4 is 10.2 Å².